The van der Waals surface area contributed by atoms with Gasteiger partial charge in [0.1, 0.15) is 11.6 Å². The Balaban J connectivity index is 0.00000484. The molecule has 2 fully saturated rings. The summed E-state index contributed by atoms with van der Waals surface area (Å²) in [5, 5.41) is 11.5. The molecule has 0 saturated carbocycles. The van der Waals surface area contributed by atoms with Gasteiger partial charge in [-0.15, -0.1) is 12.4 Å². The predicted molar refractivity (Wildman–Crippen MR) is 166 cm³/mol. The number of halogens is 3. The molecule has 2 saturated heterocycles. The molecule has 1 unspecified atom stereocenters. The molecule has 8 heteroatoms. The average Bonchev–Trinajstić information content (AvgIpc) is 3.14. The molecule has 2 aliphatic rings. The van der Waals surface area contributed by atoms with Crippen molar-refractivity contribution in [2.45, 2.75) is 108 Å². The van der Waals surface area contributed by atoms with Crippen molar-refractivity contribution in [2.75, 3.05) is 26.2 Å². The van der Waals surface area contributed by atoms with Crippen LogP contribution in [0.25, 0.3) is 0 Å². The Kier molecular flexibility index (Phi) is 13.1. The number of unbranched alkanes of at least 4 members (excludes halogenated alkanes) is 7. The minimum absolute atomic E-state index is 0. The van der Waals surface area contributed by atoms with Crippen LogP contribution in [0.1, 0.15) is 108 Å². The first kappa shape index (κ1) is 34.3. The number of piperidine rings is 1. The Hall–Kier alpha value is -2.22. The maximum atomic E-state index is 13.6. The molecular weight excluding hydrogens is 558 g/mol. The van der Waals surface area contributed by atoms with E-state index in [-0.39, 0.29) is 30.0 Å². The van der Waals surface area contributed by atoms with E-state index in [0.29, 0.717) is 19.4 Å². The molecule has 2 heterocycles. The molecule has 1 amide bonds. The number of carbonyl (C=O) groups is 1. The fraction of sp³-hybridized carbons (Fsp3) is 0.618. The lowest BCUT2D eigenvalue weighted by molar-refractivity contribution is -0.165. The van der Waals surface area contributed by atoms with E-state index in [4.69, 9.17) is 4.74 Å². The van der Waals surface area contributed by atoms with E-state index in [2.05, 4.69) is 11.8 Å². The van der Waals surface area contributed by atoms with Gasteiger partial charge < -0.3 is 14.7 Å². The van der Waals surface area contributed by atoms with Crippen molar-refractivity contribution in [1.29, 1.82) is 0 Å². The first-order chi connectivity index (χ1) is 19.8. The molecule has 42 heavy (non-hydrogen) atoms. The number of nitrogens with zero attached hydrogens (tertiary/aromatic N) is 2. The van der Waals surface area contributed by atoms with Gasteiger partial charge in [-0.3, -0.25) is 4.90 Å². The summed E-state index contributed by atoms with van der Waals surface area (Å²) < 4.78 is 33.0. The molecule has 0 aliphatic carbocycles. The van der Waals surface area contributed by atoms with Gasteiger partial charge in [0, 0.05) is 38.4 Å². The molecule has 2 aliphatic heterocycles. The zero-order valence-electron chi connectivity index (χ0n) is 25.3. The van der Waals surface area contributed by atoms with E-state index in [0.717, 1.165) is 62.9 Å². The number of hydrogen-bond acceptors (Lipinski definition) is 4. The highest BCUT2D eigenvalue weighted by molar-refractivity contribution is 5.85. The minimum Gasteiger partial charge on any atom is -0.437 e. The third-order valence-corrected chi connectivity index (χ3v) is 9.30. The number of carbonyl (C=O) groups excluding carboxylic acids is 1. The highest BCUT2D eigenvalue weighted by Crippen LogP contribution is 2.44. The van der Waals surface area contributed by atoms with Crippen LogP contribution in [-0.4, -0.2) is 58.5 Å². The first-order valence-corrected chi connectivity index (χ1v) is 15.7. The third-order valence-electron chi connectivity index (χ3n) is 9.30. The molecule has 1 spiro atoms. The summed E-state index contributed by atoms with van der Waals surface area (Å²) in [4.78, 5) is 16.7. The van der Waals surface area contributed by atoms with Crippen LogP contribution in [0.3, 0.4) is 0 Å². The van der Waals surface area contributed by atoms with Gasteiger partial charge in [-0.05, 0) is 68.1 Å². The largest absolute Gasteiger partial charge is 0.437 e. The Labute approximate surface area is 257 Å². The first-order valence-electron chi connectivity index (χ1n) is 15.7. The third kappa shape index (κ3) is 8.45. The van der Waals surface area contributed by atoms with Gasteiger partial charge in [0.05, 0.1) is 0 Å². The molecule has 234 valence electrons. The number of amides is 1. The van der Waals surface area contributed by atoms with Crippen LogP contribution in [-0.2, 0) is 4.74 Å². The fourth-order valence-electron chi connectivity index (χ4n) is 6.60. The van der Waals surface area contributed by atoms with Crippen molar-refractivity contribution in [1.82, 2.24) is 9.80 Å². The van der Waals surface area contributed by atoms with E-state index in [1.165, 1.54) is 56.4 Å². The predicted octanol–water partition coefficient (Wildman–Crippen LogP) is 8.43. The van der Waals surface area contributed by atoms with E-state index < -0.39 is 17.4 Å². The Morgan fingerprint density at radius 3 is 1.83 bits per heavy atom. The molecule has 0 bridgehead atoms. The molecule has 5 nitrogen and oxygen atoms in total. The molecule has 1 N–H and O–H groups in total. The average molecular weight is 607 g/mol. The summed E-state index contributed by atoms with van der Waals surface area (Å²) in [7, 11) is 0. The molecule has 0 radical (unpaired) electrons. The van der Waals surface area contributed by atoms with Crippen LogP contribution < -0.4 is 0 Å². The van der Waals surface area contributed by atoms with Gasteiger partial charge in [-0.2, -0.15) is 0 Å². The number of likely N-dealkylation sites (tertiary alicyclic amines) is 1. The van der Waals surface area contributed by atoms with Gasteiger partial charge >= 0.3 is 6.09 Å². The summed E-state index contributed by atoms with van der Waals surface area (Å²) in [6.45, 7) is 6.85. The molecule has 1 atom stereocenters. The number of ether oxygens (including phenoxy) is 1. The van der Waals surface area contributed by atoms with E-state index >= 15 is 0 Å². The van der Waals surface area contributed by atoms with Gasteiger partial charge in [0.15, 0.2) is 11.3 Å². The Bertz CT molecular complexity index is 1040. The second-order valence-corrected chi connectivity index (χ2v) is 12.1. The molecule has 0 aromatic heterocycles. The van der Waals surface area contributed by atoms with Crippen molar-refractivity contribution in [3.63, 3.8) is 0 Å². The van der Waals surface area contributed by atoms with Crippen LogP contribution in [0, 0.1) is 11.6 Å². The van der Waals surface area contributed by atoms with Crippen molar-refractivity contribution >= 4 is 18.5 Å². The summed E-state index contributed by atoms with van der Waals surface area (Å²) in [5.41, 5.74) is -0.152. The zero-order chi connectivity index (χ0) is 29.3. The summed E-state index contributed by atoms with van der Waals surface area (Å²) in [6, 6.07) is 13.1. The van der Waals surface area contributed by atoms with Crippen LogP contribution >= 0.6 is 12.4 Å². The lowest BCUT2D eigenvalue weighted by atomic mass is 9.81. The number of aliphatic hydroxyl groups is 1. The summed E-state index contributed by atoms with van der Waals surface area (Å²) in [6.07, 6.45) is 12.0. The second-order valence-electron chi connectivity index (χ2n) is 12.1. The smallest absolute Gasteiger partial charge is 0.412 e. The van der Waals surface area contributed by atoms with Crippen molar-refractivity contribution in [2.24, 2.45) is 0 Å². The highest BCUT2D eigenvalue weighted by atomic mass is 35.5. The Morgan fingerprint density at radius 1 is 0.810 bits per heavy atom. The highest BCUT2D eigenvalue weighted by Gasteiger charge is 2.62. The maximum Gasteiger partial charge on any atom is 0.412 e. The van der Waals surface area contributed by atoms with Crippen molar-refractivity contribution < 1.29 is 23.4 Å². The molecule has 2 aromatic carbocycles. The second kappa shape index (κ2) is 16.0. The fourth-order valence-corrected chi connectivity index (χ4v) is 6.60. The topological polar surface area (TPSA) is 53.0 Å². The van der Waals surface area contributed by atoms with Crippen molar-refractivity contribution in [3.05, 3.63) is 71.3 Å². The number of rotatable bonds is 15. The van der Waals surface area contributed by atoms with Crippen LogP contribution in [0.2, 0.25) is 0 Å². The van der Waals surface area contributed by atoms with Gasteiger partial charge in [0.25, 0.3) is 0 Å². The van der Waals surface area contributed by atoms with E-state index in [1.54, 1.807) is 11.8 Å². The van der Waals surface area contributed by atoms with Crippen LogP contribution in [0.5, 0.6) is 0 Å². The SMILES string of the molecule is CCCCCCCCCCN1C(=O)OC2(CCN(CCCC(c3ccc(F)cc3)c3ccc(F)cc3)CC2)C1(C)O.Cl. The van der Waals surface area contributed by atoms with E-state index in [9.17, 15) is 18.7 Å². The minimum atomic E-state index is -1.31. The molecule has 4 rings (SSSR count). The van der Waals surface area contributed by atoms with Crippen molar-refractivity contribution in [3.8, 4) is 0 Å². The van der Waals surface area contributed by atoms with Crippen LogP contribution in [0.15, 0.2) is 48.5 Å². The van der Waals surface area contributed by atoms with Crippen LogP contribution in [0.4, 0.5) is 13.6 Å². The number of benzene rings is 2. The monoisotopic (exact) mass is 606 g/mol. The molecular formula is C34H49ClF2N2O3. The summed E-state index contributed by atoms with van der Waals surface area (Å²) in [5.74, 6) is -0.490. The lowest BCUT2D eigenvalue weighted by Gasteiger charge is -2.45. The Morgan fingerprint density at radius 2 is 1.31 bits per heavy atom. The quantitative estimate of drug-likeness (QED) is 0.207. The van der Waals surface area contributed by atoms with E-state index in [1.807, 2.05) is 24.3 Å². The normalized spacial score (nSPS) is 20.2. The zero-order valence-corrected chi connectivity index (χ0v) is 26.1. The summed E-state index contributed by atoms with van der Waals surface area (Å²) >= 11 is 0. The lowest BCUT2D eigenvalue weighted by Crippen LogP contribution is -2.60. The van der Waals surface area contributed by atoms with Gasteiger partial charge in [0.2, 0.25) is 0 Å². The van der Waals surface area contributed by atoms with Gasteiger partial charge in [-0.1, -0.05) is 76.1 Å². The molecule has 2 aromatic rings. The van der Waals surface area contributed by atoms with Gasteiger partial charge in [-0.25, -0.2) is 13.6 Å². The maximum absolute atomic E-state index is 13.6. The number of hydrogen-bond donors (Lipinski definition) is 1. The standard InChI is InChI=1S/C34H48F2N2O3.ClH/c1-3-4-5-6-7-8-9-10-24-38-32(39)41-34(33(38,2)40)21-25-37(26-22-34)23-11-12-31(27-13-17-29(35)18-14-27)28-15-19-30(36)20-16-28;/h13-20,31,40H,3-12,21-26H2,1-2H3;1H.